The standard InChI is InChI=1S/C13H18Cl2N2O/c1-17(9-6-4-2-3-5-7-9)13(18)11-8-10(14)12(15)16-11/h8-9,16H,2-7H2,1H3. The van der Waals surface area contributed by atoms with Crippen LogP contribution in [-0.4, -0.2) is 28.9 Å². The highest BCUT2D eigenvalue weighted by atomic mass is 35.5. The number of nitrogens with zero attached hydrogens (tertiary/aromatic N) is 1. The summed E-state index contributed by atoms with van der Waals surface area (Å²) >= 11 is 11.7. The fraction of sp³-hybridized carbons (Fsp3) is 0.615. The van der Waals surface area contributed by atoms with Gasteiger partial charge in [0, 0.05) is 13.1 Å². The van der Waals surface area contributed by atoms with Gasteiger partial charge >= 0.3 is 0 Å². The van der Waals surface area contributed by atoms with E-state index in [2.05, 4.69) is 4.98 Å². The van der Waals surface area contributed by atoms with Gasteiger partial charge in [-0.1, -0.05) is 48.9 Å². The van der Waals surface area contributed by atoms with Crippen LogP contribution in [0.3, 0.4) is 0 Å². The molecule has 0 bridgehead atoms. The van der Waals surface area contributed by atoms with Crippen LogP contribution in [0.25, 0.3) is 0 Å². The summed E-state index contributed by atoms with van der Waals surface area (Å²) in [6.45, 7) is 0. The number of aromatic amines is 1. The number of amides is 1. The predicted molar refractivity (Wildman–Crippen MR) is 74.4 cm³/mol. The number of hydrogen-bond donors (Lipinski definition) is 1. The molecule has 0 aromatic carbocycles. The van der Waals surface area contributed by atoms with Crippen LogP contribution in [0, 0.1) is 0 Å². The van der Waals surface area contributed by atoms with Gasteiger partial charge in [0.25, 0.3) is 5.91 Å². The minimum absolute atomic E-state index is 0.0318. The topological polar surface area (TPSA) is 36.1 Å². The molecule has 0 aliphatic heterocycles. The lowest BCUT2D eigenvalue weighted by molar-refractivity contribution is 0.0712. The summed E-state index contributed by atoms with van der Waals surface area (Å²) in [5.74, 6) is -0.0318. The molecule has 0 atom stereocenters. The summed E-state index contributed by atoms with van der Waals surface area (Å²) in [5, 5.41) is 0.726. The lowest BCUT2D eigenvalue weighted by Crippen LogP contribution is -2.36. The maximum absolute atomic E-state index is 12.3. The summed E-state index contributed by atoms with van der Waals surface area (Å²) in [4.78, 5) is 16.9. The summed E-state index contributed by atoms with van der Waals surface area (Å²) in [6, 6.07) is 1.93. The first-order valence-electron chi connectivity index (χ1n) is 6.40. The molecule has 1 aliphatic rings. The first-order chi connectivity index (χ1) is 8.59. The molecule has 1 aromatic heterocycles. The van der Waals surface area contributed by atoms with Crippen LogP contribution >= 0.6 is 23.2 Å². The average Bonchev–Trinajstić information content (AvgIpc) is 2.61. The third-order valence-corrected chi connectivity index (χ3v) is 4.34. The molecule has 100 valence electrons. The van der Waals surface area contributed by atoms with Crippen molar-refractivity contribution < 1.29 is 4.79 Å². The van der Waals surface area contributed by atoms with E-state index in [1.165, 1.54) is 25.7 Å². The van der Waals surface area contributed by atoms with Gasteiger partial charge in [0.1, 0.15) is 10.8 Å². The Balaban J connectivity index is 2.07. The molecule has 1 amide bonds. The largest absolute Gasteiger partial charge is 0.340 e. The van der Waals surface area contributed by atoms with Crippen LogP contribution in [0.2, 0.25) is 10.2 Å². The van der Waals surface area contributed by atoms with Gasteiger partial charge in [-0.25, -0.2) is 0 Å². The Morgan fingerprint density at radius 1 is 1.28 bits per heavy atom. The van der Waals surface area contributed by atoms with Gasteiger partial charge in [0.15, 0.2) is 0 Å². The van der Waals surface area contributed by atoms with Crippen LogP contribution in [0.4, 0.5) is 0 Å². The zero-order chi connectivity index (χ0) is 13.1. The van der Waals surface area contributed by atoms with E-state index in [0.29, 0.717) is 21.9 Å². The van der Waals surface area contributed by atoms with Gasteiger partial charge in [-0.15, -0.1) is 0 Å². The molecule has 5 heteroatoms. The van der Waals surface area contributed by atoms with Crippen LogP contribution in [0.5, 0.6) is 0 Å². The van der Waals surface area contributed by atoms with Gasteiger partial charge in [-0.3, -0.25) is 4.79 Å². The quantitative estimate of drug-likeness (QED) is 0.817. The normalized spacial score (nSPS) is 17.5. The number of aromatic nitrogens is 1. The molecule has 1 heterocycles. The minimum atomic E-state index is -0.0318. The van der Waals surface area contributed by atoms with Crippen molar-refractivity contribution in [3.05, 3.63) is 21.9 Å². The number of halogens is 2. The summed E-state index contributed by atoms with van der Waals surface area (Å²) in [5.41, 5.74) is 0.469. The first kappa shape index (κ1) is 13.8. The SMILES string of the molecule is CN(C(=O)c1cc(Cl)c(Cl)[nH]1)C1CCCCCC1. The van der Waals surface area contributed by atoms with Gasteiger partial charge < -0.3 is 9.88 Å². The van der Waals surface area contributed by atoms with Crippen LogP contribution in [-0.2, 0) is 0 Å². The van der Waals surface area contributed by atoms with Gasteiger partial charge in [-0.05, 0) is 18.9 Å². The highest BCUT2D eigenvalue weighted by molar-refractivity contribution is 6.41. The third kappa shape index (κ3) is 3.01. The molecule has 1 aromatic rings. The number of carbonyl (C=O) groups is 1. The molecule has 1 saturated carbocycles. The van der Waals surface area contributed by atoms with Crippen LogP contribution in [0.15, 0.2) is 6.07 Å². The molecule has 1 N–H and O–H groups in total. The number of hydrogen-bond acceptors (Lipinski definition) is 1. The summed E-state index contributed by atoms with van der Waals surface area (Å²) in [7, 11) is 1.86. The Hall–Kier alpha value is -0.670. The van der Waals surface area contributed by atoms with Crippen molar-refractivity contribution in [2.24, 2.45) is 0 Å². The van der Waals surface area contributed by atoms with Gasteiger partial charge in [0.2, 0.25) is 0 Å². The van der Waals surface area contributed by atoms with Crippen molar-refractivity contribution >= 4 is 29.1 Å². The smallest absolute Gasteiger partial charge is 0.270 e. The van der Waals surface area contributed by atoms with Crippen molar-refractivity contribution in [3.8, 4) is 0 Å². The number of nitrogens with one attached hydrogen (secondary N) is 1. The van der Waals surface area contributed by atoms with E-state index in [1.807, 2.05) is 11.9 Å². The van der Waals surface area contributed by atoms with Crippen molar-refractivity contribution in [1.29, 1.82) is 0 Å². The molecule has 0 saturated heterocycles. The second-order valence-electron chi connectivity index (χ2n) is 4.91. The third-order valence-electron chi connectivity index (χ3n) is 3.65. The van der Waals surface area contributed by atoms with E-state index in [-0.39, 0.29) is 5.91 Å². The van der Waals surface area contributed by atoms with Crippen molar-refractivity contribution in [2.45, 2.75) is 44.6 Å². The molecular formula is C13H18Cl2N2O. The monoisotopic (exact) mass is 288 g/mol. The van der Waals surface area contributed by atoms with Crippen LogP contribution < -0.4 is 0 Å². The Morgan fingerprint density at radius 3 is 2.39 bits per heavy atom. The zero-order valence-electron chi connectivity index (χ0n) is 10.5. The lowest BCUT2D eigenvalue weighted by atomic mass is 10.1. The van der Waals surface area contributed by atoms with Gasteiger partial charge in [-0.2, -0.15) is 0 Å². The minimum Gasteiger partial charge on any atom is -0.340 e. The molecule has 3 nitrogen and oxygen atoms in total. The Morgan fingerprint density at radius 2 is 1.89 bits per heavy atom. The highest BCUT2D eigenvalue weighted by Crippen LogP contribution is 2.25. The van der Waals surface area contributed by atoms with E-state index < -0.39 is 0 Å². The van der Waals surface area contributed by atoms with E-state index in [9.17, 15) is 4.79 Å². The molecule has 0 radical (unpaired) electrons. The maximum atomic E-state index is 12.3. The fourth-order valence-electron chi connectivity index (χ4n) is 2.52. The zero-order valence-corrected chi connectivity index (χ0v) is 12.0. The molecule has 1 fully saturated rings. The number of carbonyl (C=O) groups excluding carboxylic acids is 1. The Labute approximate surface area is 117 Å². The van der Waals surface area contributed by atoms with Crippen molar-refractivity contribution in [3.63, 3.8) is 0 Å². The summed E-state index contributed by atoms with van der Waals surface area (Å²) in [6.07, 6.45) is 7.13. The lowest BCUT2D eigenvalue weighted by Gasteiger charge is -2.26. The van der Waals surface area contributed by atoms with E-state index in [4.69, 9.17) is 23.2 Å². The molecule has 18 heavy (non-hydrogen) atoms. The molecular weight excluding hydrogens is 271 g/mol. The molecule has 0 spiro atoms. The maximum Gasteiger partial charge on any atom is 0.270 e. The molecule has 2 rings (SSSR count). The number of rotatable bonds is 2. The first-order valence-corrected chi connectivity index (χ1v) is 7.16. The second-order valence-corrected chi connectivity index (χ2v) is 5.69. The van der Waals surface area contributed by atoms with E-state index >= 15 is 0 Å². The van der Waals surface area contributed by atoms with Crippen molar-refractivity contribution in [1.82, 2.24) is 9.88 Å². The average molecular weight is 289 g/mol. The Kier molecular flexibility index (Phi) is 4.57. The van der Waals surface area contributed by atoms with Crippen LogP contribution in [0.1, 0.15) is 49.0 Å². The van der Waals surface area contributed by atoms with E-state index in [0.717, 1.165) is 12.8 Å². The molecule has 1 aliphatic carbocycles. The summed E-state index contributed by atoms with van der Waals surface area (Å²) < 4.78 is 0. The Bertz CT molecular complexity index is 403. The van der Waals surface area contributed by atoms with Gasteiger partial charge in [0.05, 0.1) is 5.02 Å². The van der Waals surface area contributed by atoms with E-state index in [1.54, 1.807) is 6.07 Å². The molecule has 0 unspecified atom stereocenters. The second kappa shape index (κ2) is 5.98. The van der Waals surface area contributed by atoms with Crippen molar-refractivity contribution in [2.75, 3.05) is 7.05 Å². The fourth-order valence-corrected chi connectivity index (χ4v) is 2.83. The highest BCUT2D eigenvalue weighted by Gasteiger charge is 2.23. The number of H-pyrrole nitrogens is 1. The predicted octanol–water partition coefficient (Wildman–Crippen LogP) is 4.12.